The van der Waals surface area contributed by atoms with Gasteiger partial charge in [0, 0.05) is 12.8 Å². The first-order valence-corrected chi connectivity index (χ1v) is 23.2. The lowest BCUT2D eigenvalue weighted by Crippen LogP contribution is -2.29. The maximum Gasteiger partial charge on any atom is 0.472 e. The Bertz CT molecular complexity index is 1120. The normalized spacial score (nSPS) is 14.0. The molecular weight excluding hydrogens is 711 g/mol. The predicted octanol–water partition coefficient (Wildman–Crippen LogP) is 13.7. The summed E-state index contributed by atoms with van der Waals surface area (Å²) in [7, 11) is -4.30. The summed E-state index contributed by atoms with van der Waals surface area (Å²) in [6.07, 6.45) is 51.0. The van der Waals surface area contributed by atoms with Crippen LogP contribution in [0.4, 0.5) is 0 Å². The Balaban J connectivity index is 4.18. The van der Waals surface area contributed by atoms with Crippen LogP contribution in [0.1, 0.15) is 181 Å². The van der Waals surface area contributed by atoms with Crippen molar-refractivity contribution < 1.29 is 37.6 Å². The molecule has 2 unspecified atom stereocenters. The highest BCUT2D eigenvalue weighted by molar-refractivity contribution is 7.47. The van der Waals surface area contributed by atoms with Crippen LogP contribution in [-0.4, -0.2) is 42.8 Å². The van der Waals surface area contributed by atoms with Crippen molar-refractivity contribution in [2.75, 3.05) is 19.8 Å². The Morgan fingerprint density at radius 2 is 0.927 bits per heavy atom. The van der Waals surface area contributed by atoms with Crippen LogP contribution in [0.15, 0.2) is 72.9 Å². The van der Waals surface area contributed by atoms with Gasteiger partial charge in [-0.2, -0.15) is 0 Å². The van der Waals surface area contributed by atoms with Crippen molar-refractivity contribution in [2.45, 2.75) is 187 Å². The average Bonchev–Trinajstić information content (AvgIpc) is 3.16. The van der Waals surface area contributed by atoms with E-state index < -0.39 is 26.5 Å². The summed E-state index contributed by atoms with van der Waals surface area (Å²) in [6.45, 7) is 5.30. The Kier molecular flexibility index (Phi) is 39.3. The van der Waals surface area contributed by atoms with Gasteiger partial charge in [0.05, 0.1) is 13.2 Å². The zero-order valence-electron chi connectivity index (χ0n) is 35.1. The van der Waals surface area contributed by atoms with Crippen LogP contribution in [0, 0.1) is 0 Å². The first-order chi connectivity index (χ1) is 26.8. The van der Waals surface area contributed by atoms with E-state index in [9.17, 15) is 19.0 Å². The Hall–Kier alpha value is -2.51. The summed E-state index contributed by atoms with van der Waals surface area (Å²) in [5.74, 6) is -0.849. The Morgan fingerprint density at radius 3 is 1.44 bits per heavy atom. The third-order valence-corrected chi connectivity index (χ3v) is 9.81. The van der Waals surface area contributed by atoms with E-state index in [1.807, 2.05) is 0 Å². The summed E-state index contributed by atoms with van der Waals surface area (Å²) in [5, 5.41) is 0. The molecule has 9 heteroatoms. The summed E-state index contributed by atoms with van der Waals surface area (Å²) in [4.78, 5) is 34.7. The first kappa shape index (κ1) is 52.5. The summed E-state index contributed by atoms with van der Waals surface area (Å²) in [6, 6.07) is 0. The van der Waals surface area contributed by atoms with Crippen molar-refractivity contribution >= 4 is 19.8 Å². The summed E-state index contributed by atoms with van der Waals surface area (Å²) < 4.78 is 32.6. The lowest BCUT2D eigenvalue weighted by Gasteiger charge is -2.19. The number of esters is 2. The van der Waals surface area contributed by atoms with Crippen molar-refractivity contribution in [3.8, 4) is 0 Å². The lowest BCUT2D eigenvalue weighted by atomic mass is 10.1. The molecule has 8 nitrogen and oxygen atoms in total. The van der Waals surface area contributed by atoms with Gasteiger partial charge in [0.25, 0.3) is 0 Å². The van der Waals surface area contributed by atoms with Gasteiger partial charge < -0.3 is 14.4 Å². The molecule has 1 N–H and O–H groups in total. The van der Waals surface area contributed by atoms with E-state index in [1.165, 1.54) is 51.4 Å². The highest BCUT2D eigenvalue weighted by Crippen LogP contribution is 2.43. The second kappa shape index (κ2) is 41.1. The molecule has 0 heterocycles. The fraction of sp³-hybridized carbons (Fsp3) is 0.696. The molecule has 0 aromatic rings. The molecule has 0 aromatic carbocycles. The zero-order chi connectivity index (χ0) is 40.3. The topological polar surface area (TPSA) is 108 Å². The number of carbonyl (C=O) groups is 2. The average molecular weight is 791 g/mol. The van der Waals surface area contributed by atoms with Gasteiger partial charge in [0.2, 0.25) is 0 Å². The SMILES string of the molecule is CC/C=C\C/C=C\C/C=C\C/C=C\C/C=C\CCCCCC(=O)OC(COC(=O)CCCCCCC/C=C\CCCCCCCCC)COP(=O)(O)OCC. The van der Waals surface area contributed by atoms with Gasteiger partial charge in [-0.3, -0.25) is 18.6 Å². The molecule has 0 rings (SSSR count). The first-order valence-electron chi connectivity index (χ1n) is 21.7. The molecule has 0 aliphatic heterocycles. The van der Waals surface area contributed by atoms with Gasteiger partial charge in [0.1, 0.15) is 6.61 Å². The van der Waals surface area contributed by atoms with Crippen LogP contribution in [0.3, 0.4) is 0 Å². The third-order valence-electron chi connectivity index (χ3n) is 8.75. The minimum absolute atomic E-state index is 0.0111. The molecule has 0 fully saturated rings. The number of carbonyl (C=O) groups excluding carboxylic acids is 2. The Labute approximate surface area is 336 Å². The summed E-state index contributed by atoms with van der Waals surface area (Å²) in [5.41, 5.74) is 0. The Morgan fingerprint density at radius 1 is 0.509 bits per heavy atom. The molecular formula is C46H79O8P. The van der Waals surface area contributed by atoms with Gasteiger partial charge in [0.15, 0.2) is 6.10 Å². The number of unbranched alkanes of at least 4 members (excludes halogenated alkanes) is 15. The quantitative estimate of drug-likeness (QED) is 0.0284. The summed E-state index contributed by atoms with van der Waals surface area (Å²) >= 11 is 0. The van der Waals surface area contributed by atoms with E-state index in [-0.39, 0.29) is 32.0 Å². The fourth-order valence-corrected chi connectivity index (χ4v) is 6.35. The molecule has 316 valence electrons. The van der Waals surface area contributed by atoms with Gasteiger partial charge in [-0.1, -0.05) is 151 Å². The van der Waals surface area contributed by atoms with E-state index in [0.717, 1.165) is 89.9 Å². The van der Waals surface area contributed by atoms with Gasteiger partial charge >= 0.3 is 19.8 Å². The van der Waals surface area contributed by atoms with Crippen LogP contribution in [0.5, 0.6) is 0 Å². The lowest BCUT2D eigenvalue weighted by molar-refractivity contribution is -0.161. The van der Waals surface area contributed by atoms with Crippen molar-refractivity contribution in [3.63, 3.8) is 0 Å². The van der Waals surface area contributed by atoms with Crippen LogP contribution < -0.4 is 0 Å². The van der Waals surface area contributed by atoms with Crippen molar-refractivity contribution in [1.82, 2.24) is 0 Å². The number of allylic oxidation sites excluding steroid dienone is 12. The second-order valence-corrected chi connectivity index (χ2v) is 15.4. The molecule has 0 saturated carbocycles. The van der Waals surface area contributed by atoms with Crippen LogP contribution in [0.2, 0.25) is 0 Å². The minimum atomic E-state index is -4.30. The number of rotatable bonds is 39. The van der Waals surface area contributed by atoms with Crippen LogP contribution in [0.25, 0.3) is 0 Å². The van der Waals surface area contributed by atoms with E-state index in [1.54, 1.807) is 6.92 Å². The molecule has 0 bridgehead atoms. The van der Waals surface area contributed by atoms with E-state index >= 15 is 0 Å². The molecule has 0 aliphatic rings. The van der Waals surface area contributed by atoms with Crippen molar-refractivity contribution in [2.24, 2.45) is 0 Å². The van der Waals surface area contributed by atoms with Crippen molar-refractivity contribution in [3.05, 3.63) is 72.9 Å². The standard InChI is InChI=1S/C46H79O8P/c1-4-7-9-11-13-15-17-19-21-23-24-25-27-29-31-33-35-37-39-41-46(48)54-44(43-53-55(49,50)52-6-3)42-51-45(47)40-38-36-34-32-30-28-26-22-20-18-16-14-12-10-8-5-2/h7,9,13,15,19,21-22,24-26,29,31,44H,4-6,8,10-12,14,16-18,20,23,27-28,30,32-43H2,1-3H3,(H,49,50)/b9-7-,15-13-,21-19-,25-24-,26-22-,31-29-. The number of ether oxygens (including phenoxy) is 2. The fourth-order valence-electron chi connectivity index (χ4n) is 5.59. The van der Waals surface area contributed by atoms with E-state index in [0.29, 0.717) is 6.42 Å². The molecule has 0 saturated heterocycles. The minimum Gasteiger partial charge on any atom is -0.462 e. The molecule has 0 aromatic heterocycles. The highest BCUT2D eigenvalue weighted by Gasteiger charge is 2.25. The van der Waals surface area contributed by atoms with Gasteiger partial charge in [-0.05, 0) is 90.4 Å². The molecule has 2 atom stereocenters. The predicted molar refractivity (Wildman–Crippen MR) is 230 cm³/mol. The van der Waals surface area contributed by atoms with Crippen molar-refractivity contribution in [1.29, 1.82) is 0 Å². The number of phosphoric acid groups is 1. The third kappa shape index (κ3) is 41.0. The number of phosphoric ester groups is 1. The smallest absolute Gasteiger partial charge is 0.462 e. The highest BCUT2D eigenvalue weighted by atomic mass is 31.2. The molecule has 0 spiro atoms. The maximum atomic E-state index is 12.6. The largest absolute Gasteiger partial charge is 0.472 e. The molecule has 0 radical (unpaired) electrons. The van der Waals surface area contributed by atoms with E-state index in [2.05, 4.69) is 86.8 Å². The van der Waals surface area contributed by atoms with Crippen LogP contribution >= 0.6 is 7.82 Å². The zero-order valence-corrected chi connectivity index (χ0v) is 36.0. The second-order valence-electron chi connectivity index (χ2n) is 14.0. The molecule has 0 amide bonds. The van der Waals surface area contributed by atoms with Gasteiger partial charge in [-0.25, -0.2) is 4.57 Å². The molecule has 0 aliphatic carbocycles. The van der Waals surface area contributed by atoms with E-state index in [4.69, 9.17) is 18.5 Å². The number of hydrogen-bond acceptors (Lipinski definition) is 7. The molecule has 55 heavy (non-hydrogen) atoms. The van der Waals surface area contributed by atoms with Gasteiger partial charge in [-0.15, -0.1) is 0 Å². The maximum absolute atomic E-state index is 12.6. The van der Waals surface area contributed by atoms with Crippen LogP contribution in [-0.2, 0) is 32.7 Å². The monoisotopic (exact) mass is 791 g/mol. The number of hydrogen-bond donors (Lipinski definition) is 1.